The number of aryl methyl sites for hydroxylation is 1. The molecule has 0 bridgehead atoms. The molecule has 0 unspecified atom stereocenters. The van der Waals surface area contributed by atoms with Crippen molar-refractivity contribution in [2.24, 2.45) is 0 Å². The van der Waals surface area contributed by atoms with Crippen LogP contribution in [-0.2, 0) is 4.74 Å². The number of benzene rings is 1. The molecule has 0 radical (unpaired) electrons. The van der Waals surface area contributed by atoms with Crippen molar-refractivity contribution in [1.29, 1.82) is 0 Å². The van der Waals surface area contributed by atoms with E-state index in [9.17, 15) is 4.39 Å². The fourth-order valence-corrected chi connectivity index (χ4v) is 1.86. The fraction of sp³-hybridized carbons (Fsp3) is 0.500. The van der Waals surface area contributed by atoms with Crippen LogP contribution in [0.4, 0.5) is 10.1 Å². The number of rotatable bonds is 2. The number of ether oxygens (including phenoxy) is 1. The zero-order valence-corrected chi connectivity index (χ0v) is 9.09. The third-order valence-electron chi connectivity index (χ3n) is 2.84. The summed E-state index contributed by atoms with van der Waals surface area (Å²) in [6, 6.07) is 5.46. The summed E-state index contributed by atoms with van der Waals surface area (Å²) in [5.41, 5.74) is 1.51. The first-order chi connectivity index (χ1) is 7.16. The number of anilines is 1. The molecule has 1 saturated heterocycles. The van der Waals surface area contributed by atoms with Gasteiger partial charge in [-0.25, -0.2) is 4.39 Å². The van der Waals surface area contributed by atoms with E-state index < -0.39 is 0 Å². The van der Waals surface area contributed by atoms with E-state index in [1.54, 1.807) is 12.1 Å². The van der Waals surface area contributed by atoms with Gasteiger partial charge >= 0.3 is 0 Å². The maximum atomic E-state index is 13.5. The van der Waals surface area contributed by atoms with Gasteiger partial charge < -0.3 is 10.1 Å². The molecule has 82 valence electrons. The third kappa shape index (κ3) is 2.29. The van der Waals surface area contributed by atoms with E-state index in [4.69, 9.17) is 4.74 Å². The van der Waals surface area contributed by atoms with E-state index in [-0.39, 0.29) is 18.0 Å². The first-order valence-electron chi connectivity index (χ1n) is 5.31. The average Bonchev–Trinajstić information content (AvgIpc) is 2.57. The van der Waals surface area contributed by atoms with Crippen LogP contribution in [0.15, 0.2) is 18.2 Å². The topological polar surface area (TPSA) is 21.3 Å². The minimum Gasteiger partial charge on any atom is -0.377 e. The smallest absolute Gasteiger partial charge is 0.146 e. The number of hydrogen-bond donors (Lipinski definition) is 1. The second kappa shape index (κ2) is 4.19. The second-order valence-electron chi connectivity index (χ2n) is 4.10. The molecule has 1 fully saturated rings. The minimum absolute atomic E-state index is 0.158. The fourth-order valence-electron chi connectivity index (χ4n) is 1.86. The van der Waals surface area contributed by atoms with E-state index in [2.05, 4.69) is 5.32 Å². The molecule has 0 amide bonds. The molecule has 15 heavy (non-hydrogen) atoms. The molecule has 2 atom stereocenters. The average molecular weight is 209 g/mol. The highest BCUT2D eigenvalue weighted by atomic mass is 19.1. The Kier molecular flexibility index (Phi) is 2.91. The molecule has 0 aliphatic carbocycles. The molecule has 1 aromatic rings. The quantitative estimate of drug-likeness (QED) is 0.808. The highest BCUT2D eigenvalue weighted by molar-refractivity contribution is 5.47. The van der Waals surface area contributed by atoms with Crippen molar-refractivity contribution in [3.05, 3.63) is 29.6 Å². The zero-order chi connectivity index (χ0) is 10.8. The lowest BCUT2D eigenvalue weighted by Gasteiger charge is -2.17. The first-order valence-corrected chi connectivity index (χ1v) is 5.31. The third-order valence-corrected chi connectivity index (χ3v) is 2.84. The summed E-state index contributed by atoms with van der Waals surface area (Å²) >= 11 is 0. The maximum absolute atomic E-state index is 13.5. The van der Waals surface area contributed by atoms with Crippen LogP contribution in [-0.4, -0.2) is 18.8 Å². The van der Waals surface area contributed by atoms with E-state index in [1.165, 1.54) is 0 Å². The van der Waals surface area contributed by atoms with Gasteiger partial charge in [-0.3, -0.25) is 0 Å². The summed E-state index contributed by atoms with van der Waals surface area (Å²) in [6.07, 6.45) is 1.10. The molecule has 2 rings (SSSR count). The molecule has 0 saturated carbocycles. The van der Waals surface area contributed by atoms with Gasteiger partial charge in [0, 0.05) is 6.61 Å². The highest BCUT2D eigenvalue weighted by Gasteiger charge is 2.24. The van der Waals surface area contributed by atoms with Gasteiger partial charge in [-0.1, -0.05) is 6.07 Å². The molecule has 3 heteroatoms. The molecule has 1 aromatic carbocycles. The van der Waals surface area contributed by atoms with E-state index >= 15 is 0 Å². The predicted molar refractivity (Wildman–Crippen MR) is 58.6 cm³/mol. The summed E-state index contributed by atoms with van der Waals surface area (Å²) in [6.45, 7) is 4.65. The van der Waals surface area contributed by atoms with Crippen molar-refractivity contribution in [2.45, 2.75) is 32.4 Å². The lowest BCUT2D eigenvalue weighted by molar-refractivity contribution is 0.121. The largest absolute Gasteiger partial charge is 0.377 e. The van der Waals surface area contributed by atoms with E-state index in [0.717, 1.165) is 18.6 Å². The van der Waals surface area contributed by atoms with Crippen molar-refractivity contribution in [2.75, 3.05) is 11.9 Å². The highest BCUT2D eigenvalue weighted by Crippen LogP contribution is 2.21. The second-order valence-corrected chi connectivity index (χ2v) is 4.10. The van der Waals surface area contributed by atoms with Gasteiger partial charge in [0.2, 0.25) is 0 Å². The van der Waals surface area contributed by atoms with Crippen molar-refractivity contribution in [3.8, 4) is 0 Å². The van der Waals surface area contributed by atoms with Gasteiger partial charge in [0.25, 0.3) is 0 Å². The Hall–Kier alpha value is -1.09. The van der Waals surface area contributed by atoms with E-state index in [1.807, 2.05) is 19.9 Å². The van der Waals surface area contributed by atoms with Crippen LogP contribution < -0.4 is 5.32 Å². The van der Waals surface area contributed by atoms with Gasteiger partial charge in [0.1, 0.15) is 5.82 Å². The number of hydrogen-bond acceptors (Lipinski definition) is 2. The van der Waals surface area contributed by atoms with Crippen LogP contribution in [0.25, 0.3) is 0 Å². The maximum Gasteiger partial charge on any atom is 0.146 e. The molecule has 1 aliphatic rings. The van der Waals surface area contributed by atoms with Crippen molar-refractivity contribution in [1.82, 2.24) is 0 Å². The van der Waals surface area contributed by atoms with Gasteiger partial charge in [-0.15, -0.1) is 0 Å². The summed E-state index contributed by atoms with van der Waals surface area (Å²) in [4.78, 5) is 0. The van der Waals surface area contributed by atoms with Crippen LogP contribution in [0, 0.1) is 12.7 Å². The monoisotopic (exact) mass is 209 g/mol. The summed E-state index contributed by atoms with van der Waals surface area (Å²) in [5.74, 6) is -0.186. The number of halogens is 1. The van der Waals surface area contributed by atoms with Crippen molar-refractivity contribution >= 4 is 5.69 Å². The van der Waals surface area contributed by atoms with E-state index in [0.29, 0.717) is 5.69 Å². The van der Waals surface area contributed by atoms with Gasteiger partial charge in [-0.2, -0.15) is 0 Å². The van der Waals surface area contributed by atoms with Crippen LogP contribution in [0.1, 0.15) is 18.9 Å². The zero-order valence-electron chi connectivity index (χ0n) is 9.09. The Morgan fingerprint density at radius 3 is 2.87 bits per heavy atom. The number of nitrogens with one attached hydrogen (secondary N) is 1. The minimum atomic E-state index is -0.186. The summed E-state index contributed by atoms with van der Waals surface area (Å²) in [7, 11) is 0. The lowest BCUT2D eigenvalue weighted by atomic mass is 10.1. The summed E-state index contributed by atoms with van der Waals surface area (Å²) in [5, 5.41) is 3.19. The molecule has 2 nitrogen and oxygen atoms in total. The van der Waals surface area contributed by atoms with Crippen LogP contribution >= 0.6 is 0 Å². The first kappa shape index (κ1) is 10.4. The molecule has 0 spiro atoms. The van der Waals surface area contributed by atoms with Crippen LogP contribution in [0.5, 0.6) is 0 Å². The predicted octanol–water partition coefficient (Wildman–Crippen LogP) is 2.72. The lowest BCUT2D eigenvalue weighted by Crippen LogP contribution is -2.27. The van der Waals surface area contributed by atoms with Gasteiger partial charge in [0.05, 0.1) is 17.8 Å². The Morgan fingerprint density at radius 2 is 2.27 bits per heavy atom. The normalized spacial score (nSPS) is 25.5. The molecular weight excluding hydrogens is 193 g/mol. The molecule has 0 aromatic heterocycles. The van der Waals surface area contributed by atoms with Gasteiger partial charge in [-0.05, 0) is 38.0 Å². The SMILES string of the molecule is Cc1ccc(N[C@H]2CCO[C@H]2C)c(F)c1. The summed E-state index contributed by atoms with van der Waals surface area (Å²) < 4.78 is 18.9. The molecule has 1 aliphatic heterocycles. The van der Waals surface area contributed by atoms with Crippen LogP contribution in [0.3, 0.4) is 0 Å². The Labute approximate surface area is 89.4 Å². The molecule has 1 heterocycles. The van der Waals surface area contributed by atoms with Crippen molar-refractivity contribution < 1.29 is 9.13 Å². The molecule has 1 N–H and O–H groups in total. The van der Waals surface area contributed by atoms with Crippen LogP contribution in [0.2, 0.25) is 0 Å². The van der Waals surface area contributed by atoms with Gasteiger partial charge in [0.15, 0.2) is 0 Å². The molecular formula is C12H16FNO. The van der Waals surface area contributed by atoms with Crippen molar-refractivity contribution in [3.63, 3.8) is 0 Å². The Morgan fingerprint density at radius 1 is 1.47 bits per heavy atom. The Balaban J connectivity index is 2.10. The standard InChI is InChI=1S/C12H16FNO/c1-8-3-4-12(10(13)7-8)14-11-5-6-15-9(11)2/h3-4,7,9,11,14H,5-6H2,1-2H3/t9-,11-/m0/s1. The Bertz CT molecular complexity index is 353.